The second-order valence-electron chi connectivity index (χ2n) is 5.73. The Morgan fingerprint density at radius 2 is 1.77 bits per heavy atom. The van der Waals surface area contributed by atoms with E-state index in [9.17, 15) is 24.5 Å². The number of benzene rings is 2. The quantitative estimate of drug-likeness (QED) is 0.484. The van der Waals surface area contributed by atoms with Gasteiger partial charge in [-0.05, 0) is 11.6 Å². The average Bonchev–Trinajstić information content (AvgIpc) is 2.89. The number of hydrogen-bond donors (Lipinski definition) is 1. The van der Waals surface area contributed by atoms with Gasteiger partial charge in [0, 0.05) is 25.6 Å². The van der Waals surface area contributed by atoms with E-state index in [0.29, 0.717) is 6.54 Å². The summed E-state index contributed by atoms with van der Waals surface area (Å²) in [5, 5.41) is 13.8. The number of carbonyl (C=O) groups excluding carboxylic acids is 3. The van der Waals surface area contributed by atoms with Gasteiger partial charge in [0.15, 0.2) is 0 Å². The smallest absolute Gasteiger partial charge is 0.282 e. The monoisotopic (exact) mass is 353 g/mol. The number of nitro benzene ring substituents is 1. The van der Waals surface area contributed by atoms with Crippen molar-refractivity contribution in [3.63, 3.8) is 0 Å². The summed E-state index contributed by atoms with van der Waals surface area (Å²) in [4.78, 5) is 47.9. The average molecular weight is 353 g/mol. The minimum absolute atomic E-state index is 0.00565. The van der Waals surface area contributed by atoms with Gasteiger partial charge in [0.2, 0.25) is 5.91 Å². The molecule has 132 valence electrons. The van der Waals surface area contributed by atoms with E-state index in [1.165, 1.54) is 18.2 Å². The first-order chi connectivity index (χ1) is 12.5. The molecule has 26 heavy (non-hydrogen) atoms. The maximum Gasteiger partial charge on any atom is 0.282 e. The molecular weight excluding hydrogens is 338 g/mol. The van der Waals surface area contributed by atoms with E-state index >= 15 is 0 Å². The lowest BCUT2D eigenvalue weighted by molar-refractivity contribution is -0.385. The Bertz CT molecular complexity index is 895. The fraction of sp³-hybridized carbons (Fsp3) is 0.167. The fourth-order valence-corrected chi connectivity index (χ4v) is 2.77. The lowest BCUT2D eigenvalue weighted by atomic mass is 10.1. The molecule has 0 aliphatic carbocycles. The molecule has 0 unspecified atom stereocenters. The Hall–Kier alpha value is -3.55. The van der Waals surface area contributed by atoms with Crippen LogP contribution in [-0.2, 0) is 11.3 Å². The van der Waals surface area contributed by atoms with E-state index in [1.807, 2.05) is 30.3 Å². The van der Waals surface area contributed by atoms with Crippen LogP contribution in [0.1, 0.15) is 32.7 Å². The molecule has 8 nitrogen and oxygen atoms in total. The van der Waals surface area contributed by atoms with Gasteiger partial charge in [-0.3, -0.25) is 29.4 Å². The van der Waals surface area contributed by atoms with E-state index in [2.05, 4.69) is 5.32 Å². The number of rotatable bonds is 6. The van der Waals surface area contributed by atoms with E-state index in [-0.39, 0.29) is 30.0 Å². The second kappa shape index (κ2) is 7.14. The van der Waals surface area contributed by atoms with E-state index in [1.54, 1.807) is 0 Å². The van der Waals surface area contributed by atoms with Crippen molar-refractivity contribution in [2.75, 3.05) is 6.54 Å². The molecule has 0 atom stereocenters. The molecule has 0 aromatic heterocycles. The third-order valence-corrected chi connectivity index (χ3v) is 4.07. The minimum atomic E-state index is -0.742. The Balaban J connectivity index is 1.63. The summed E-state index contributed by atoms with van der Waals surface area (Å²) >= 11 is 0. The van der Waals surface area contributed by atoms with Crippen LogP contribution < -0.4 is 5.32 Å². The molecule has 2 aromatic carbocycles. The van der Waals surface area contributed by atoms with Gasteiger partial charge in [0.25, 0.3) is 17.5 Å². The highest BCUT2D eigenvalue weighted by atomic mass is 16.6. The van der Waals surface area contributed by atoms with Gasteiger partial charge in [-0.1, -0.05) is 36.4 Å². The summed E-state index contributed by atoms with van der Waals surface area (Å²) in [6.45, 7) is 0.206. The molecular formula is C18H15N3O5. The lowest BCUT2D eigenvalue weighted by Gasteiger charge is -2.13. The molecule has 3 rings (SSSR count). The zero-order valence-corrected chi connectivity index (χ0v) is 13.7. The topological polar surface area (TPSA) is 110 Å². The fourth-order valence-electron chi connectivity index (χ4n) is 2.77. The summed E-state index contributed by atoms with van der Waals surface area (Å²) in [7, 11) is 0. The molecule has 0 fully saturated rings. The number of hydrogen-bond acceptors (Lipinski definition) is 5. The van der Waals surface area contributed by atoms with Crippen molar-refractivity contribution >= 4 is 23.4 Å². The van der Waals surface area contributed by atoms with Crippen LogP contribution in [0.25, 0.3) is 0 Å². The second-order valence-corrected chi connectivity index (χ2v) is 5.73. The van der Waals surface area contributed by atoms with Gasteiger partial charge in [-0.15, -0.1) is 0 Å². The third kappa shape index (κ3) is 3.30. The lowest BCUT2D eigenvalue weighted by Crippen LogP contribution is -2.34. The van der Waals surface area contributed by atoms with Crippen LogP contribution in [-0.4, -0.2) is 34.1 Å². The normalized spacial score (nSPS) is 12.8. The molecule has 8 heteroatoms. The maximum atomic E-state index is 12.4. The number of nitro groups is 1. The summed E-state index contributed by atoms with van der Waals surface area (Å²) in [6, 6.07) is 13.2. The molecule has 2 aromatic rings. The van der Waals surface area contributed by atoms with E-state index < -0.39 is 22.4 Å². The molecule has 1 N–H and O–H groups in total. The summed E-state index contributed by atoms with van der Waals surface area (Å²) < 4.78 is 0. The van der Waals surface area contributed by atoms with E-state index in [0.717, 1.165) is 10.5 Å². The number of imide groups is 1. The van der Waals surface area contributed by atoms with Crippen LogP contribution in [0.3, 0.4) is 0 Å². The number of nitrogens with one attached hydrogen (secondary N) is 1. The summed E-state index contributed by atoms with van der Waals surface area (Å²) in [6.07, 6.45) is -0.0773. The zero-order chi connectivity index (χ0) is 18.7. The van der Waals surface area contributed by atoms with E-state index in [4.69, 9.17) is 0 Å². The molecule has 0 bridgehead atoms. The molecule has 1 aliphatic rings. The Morgan fingerprint density at radius 3 is 2.46 bits per heavy atom. The van der Waals surface area contributed by atoms with Crippen LogP contribution in [0.4, 0.5) is 5.69 Å². The molecule has 0 spiro atoms. The predicted octanol–water partition coefficient (Wildman–Crippen LogP) is 1.90. The van der Waals surface area contributed by atoms with Crippen molar-refractivity contribution in [3.8, 4) is 0 Å². The molecule has 0 radical (unpaired) electrons. The van der Waals surface area contributed by atoms with Crippen LogP contribution in [0.2, 0.25) is 0 Å². The molecule has 1 aliphatic heterocycles. The van der Waals surface area contributed by atoms with Gasteiger partial charge in [0.05, 0.1) is 10.5 Å². The first-order valence-corrected chi connectivity index (χ1v) is 7.93. The molecule has 1 heterocycles. The van der Waals surface area contributed by atoms with Gasteiger partial charge >= 0.3 is 0 Å². The number of fused-ring (bicyclic) bond motifs is 1. The molecule has 0 saturated heterocycles. The van der Waals surface area contributed by atoms with Crippen molar-refractivity contribution in [3.05, 3.63) is 75.3 Å². The summed E-state index contributed by atoms with van der Waals surface area (Å²) in [5.74, 6) is -1.68. The van der Waals surface area contributed by atoms with Crippen molar-refractivity contribution in [2.24, 2.45) is 0 Å². The highest BCUT2D eigenvalue weighted by Gasteiger charge is 2.40. The van der Waals surface area contributed by atoms with Crippen molar-refractivity contribution in [1.82, 2.24) is 10.2 Å². The van der Waals surface area contributed by atoms with Crippen molar-refractivity contribution in [2.45, 2.75) is 13.0 Å². The largest absolute Gasteiger partial charge is 0.352 e. The molecule has 3 amide bonds. The Morgan fingerprint density at radius 1 is 1.04 bits per heavy atom. The Labute approximate surface area is 148 Å². The number of carbonyl (C=O) groups is 3. The van der Waals surface area contributed by atoms with Crippen molar-refractivity contribution in [1.29, 1.82) is 0 Å². The SMILES string of the molecule is O=C(CCN1C(=O)c2cccc([N+](=O)[O-])c2C1=O)NCc1ccccc1. The standard InChI is InChI=1S/C18H15N3O5/c22-15(19-11-12-5-2-1-3-6-12)9-10-20-17(23)13-7-4-8-14(21(25)26)16(13)18(20)24/h1-8H,9-11H2,(H,19,22). The Kier molecular flexibility index (Phi) is 4.74. The highest BCUT2D eigenvalue weighted by Crippen LogP contribution is 2.30. The first kappa shape index (κ1) is 17.3. The van der Waals surface area contributed by atoms with Crippen molar-refractivity contribution < 1.29 is 19.3 Å². The predicted molar refractivity (Wildman–Crippen MR) is 91.4 cm³/mol. The first-order valence-electron chi connectivity index (χ1n) is 7.93. The number of amides is 3. The van der Waals surface area contributed by atoms with Gasteiger partial charge in [-0.2, -0.15) is 0 Å². The van der Waals surface area contributed by atoms with Gasteiger partial charge < -0.3 is 5.32 Å². The van der Waals surface area contributed by atoms with Crippen LogP contribution in [0, 0.1) is 10.1 Å². The van der Waals surface area contributed by atoms with Crippen LogP contribution >= 0.6 is 0 Å². The van der Waals surface area contributed by atoms with Gasteiger partial charge in [0.1, 0.15) is 5.56 Å². The van der Waals surface area contributed by atoms with Crippen LogP contribution in [0.5, 0.6) is 0 Å². The zero-order valence-electron chi connectivity index (χ0n) is 13.7. The van der Waals surface area contributed by atoms with Crippen LogP contribution in [0.15, 0.2) is 48.5 Å². The maximum absolute atomic E-state index is 12.4. The minimum Gasteiger partial charge on any atom is -0.352 e. The third-order valence-electron chi connectivity index (χ3n) is 4.07. The van der Waals surface area contributed by atoms with Gasteiger partial charge in [-0.25, -0.2) is 0 Å². The highest BCUT2D eigenvalue weighted by molar-refractivity contribution is 6.23. The molecule has 0 saturated carbocycles. The number of nitrogens with zero attached hydrogens (tertiary/aromatic N) is 2. The summed E-state index contributed by atoms with van der Waals surface area (Å²) in [5.41, 5.74) is 0.301.